The van der Waals surface area contributed by atoms with Gasteiger partial charge in [-0.25, -0.2) is 0 Å². The molecule has 21 heavy (non-hydrogen) atoms. The van der Waals surface area contributed by atoms with Crippen molar-refractivity contribution in [2.75, 3.05) is 32.5 Å². The summed E-state index contributed by atoms with van der Waals surface area (Å²) >= 11 is 0. The van der Waals surface area contributed by atoms with E-state index < -0.39 is 0 Å². The van der Waals surface area contributed by atoms with E-state index in [-0.39, 0.29) is 24.4 Å². The van der Waals surface area contributed by atoms with Crippen LogP contribution in [0.25, 0.3) is 0 Å². The summed E-state index contributed by atoms with van der Waals surface area (Å²) in [5, 5.41) is 0. The van der Waals surface area contributed by atoms with E-state index in [9.17, 15) is 9.59 Å². The van der Waals surface area contributed by atoms with Crippen LogP contribution in [0.15, 0.2) is 18.2 Å². The molecular formula is C15H20N2O4. The number of nitrogens with zero attached hydrogens (tertiary/aromatic N) is 1. The van der Waals surface area contributed by atoms with Crippen molar-refractivity contribution < 1.29 is 19.1 Å². The largest absolute Gasteiger partial charge is 0.469 e. The van der Waals surface area contributed by atoms with Crippen molar-refractivity contribution in [2.24, 2.45) is 0 Å². The molecule has 1 amide bonds. The molecule has 1 atom stereocenters. The molecule has 2 N–H and O–H groups in total. The molecule has 1 unspecified atom stereocenters. The second kappa shape index (κ2) is 6.58. The molecule has 0 spiro atoms. The number of amides is 1. The maximum atomic E-state index is 12.5. The molecule has 1 aromatic carbocycles. The number of carbonyl (C=O) groups is 2. The second-order valence-electron chi connectivity index (χ2n) is 5.06. The number of anilines is 1. The third-order valence-corrected chi connectivity index (χ3v) is 3.60. The Balaban J connectivity index is 2.08. The van der Waals surface area contributed by atoms with Crippen LogP contribution in [-0.4, -0.2) is 49.7 Å². The van der Waals surface area contributed by atoms with Gasteiger partial charge in [-0.1, -0.05) is 12.1 Å². The molecule has 1 saturated heterocycles. The van der Waals surface area contributed by atoms with E-state index in [0.29, 0.717) is 30.9 Å². The van der Waals surface area contributed by atoms with Crippen molar-refractivity contribution in [1.29, 1.82) is 0 Å². The summed E-state index contributed by atoms with van der Waals surface area (Å²) in [6, 6.07) is 5.40. The lowest BCUT2D eigenvalue weighted by Crippen LogP contribution is -2.46. The summed E-state index contributed by atoms with van der Waals surface area (Å²) in [6.07, 6.45) is -0.190. The number of nitrogens with two attached hydrogens (primary N) is 1. The third kappa shape index (κ3) is 3.52. The number of carbonyl (C=O) groups excluding carboxylic acids is 2. The predicted molar refractivity (Wildman–Crippen MR) is 77.9 cm³/mol. The molecule has 0 bridgehead atoms. The second-order valence-corrected chi connectivity index (χ2v) is 5.06. The van der Waals surface area contributed by atoms with Gasteiger partial charge in [-0.2, -0.15) is 0 Å². The Bertz CT molecular complexity index is 544. The Morgan fingerprint density at radius 3 is 2.95 bits per heavy atom. The first-order valence-corrected chi connectivity index (χ1v) is 6.85. The predicted octanol–water partition coefficient (Wildman–Crippen LogP) is 0.981. The average Bonchev–Trinajstić information content (AvgIpc) is 2.49. The molecule has 0 aromatic heterocycles. The van der Waals surface area contributed by atoms with Crippen LogP contribution in [0.1, 0.15) is 22.3 Å². The molecule has 0 radical (unpaired) electrons. The molecule has 6 nitrogen and oxygen atoms in total. The van der Waals surface area contributed by atoms with Crippen molar-refractivity contribution in [3.63, 3.8) is 0 Å². The Labute approximate surface area is 123 Å². The summed E-state index contributed by atoms with van der Waals surface area (Å²) in [4.78, 5) is 25.5. The minimum atomic E-state index is -0.343. The van der Waals surface area contributed by atoms with Crippen LogP contribution in [0.5, 0.6) is 0 Å². The van der Waals surface area contributed by atoms with Gasteiger partial charge in [0, 0.05) is 18.8 Å². The van der Waals surface area contributed by atoms with Crippen molar-refractivity contribution in [2.45, 2.75) is 19.4 Å². The lowest BCUT2D eigenvalue weighted by molar-refractivity contribution is -0.145. The van der Waals surface area contributed by atoms with Gasteiger partial charge in [0.25, 0.3) is 5.91 Å². The molecule has 1 aliphatic heterocycles. The van der Waals surface area contributed by atoms with Crippen molar-refractivity contribution in [1.82, 2.24) is 4.90 Å². The number of nitrogen functional groups attached to an aromatic ring is 1. The molecule has 2 rings (SSSR count). The number of morpholine rings is 1. The summed E-state index contributed by atoms with van der Waals surface area (Å²) in [7, 11) is 1.33. The highest BCUT2D eigenvalue weighted by Crippen LogP contribution is 2.20. The fourth-order valence-electron chi connectivity index (χ4n) is 2.33. The van der Waals surface area contributed by atoms with E-state index in [4.69, 9.17) is 10.5 Å². The highest BCUT2D eigenvalue weighted by Gasteiger charge is 2.27. The zero-order chi connectivity index (χ0) is 15.4. The maximum Gasteiger partial charge on any atom is 0.308 e. The van der Waals surface area contributed by atoms with E-state index in [2.05, 4.69) is 4.74 Å². The number of benzene rings is 1. The number of hydrogen-bond donors (Lipinski definition) is 1. The molecule has 1 heterocycles. The number of aryl methyl sites for hydroxylation is 1. The van der Waals surface area contributed by atoms with E-state index in [1.54, 1.807) is 11.0 Å². The topological polar surface area (TPSA) is 81.9 Å². The van der Waals surface area contributed by atoms with Gasteiger partial charge in [0.15, 0.2) is 0 Å². The van der Waals surface area contributed by atoms with Gasteiger partial charge in [-0.05, 0) is 18.6 Å². The normalized spacial score (nSPS) is 18.4. The van der Waals surface area contributed by atoms with Gasteiger partial charge in [0.05, 0.1) is 31.8 Å². The van der Waals surface area contributed by atoms with E-state index in [1.807, 2.05) is 19.1 Å². The number of rotatable bonds is 3. The smallest absolute Gasteiger partial charge is 0.308 e. The molecular weight excluding hydrogens is 272 g/mol. The average molecular weight is 292 g/mol. The third-order valence-electron chi connectivity index (χ3n) is 3.60. The van der Waals surface area contributed by atoms with Crippen molar-refractivity contribution in [3.05, 3.63) is 29.3 Å². The Kier molecular flexibility index (Phi) is 4.80. The lowest BCUT2D eigenvalue weighted by atomic mass is 10.1. The summed E-state index contributed by atoms with van der Waals surface area (Å²) in [5.74, 6) is -0.473. The van der Waals surface area contributed by atoms with Crippen LogP contribution in [0.2, 0.25) is 0 Å². The van der Waals surface area contributed by atoms with Gasteiger partial charge in [-0.15, -0.1) is 0 Å². The van der Waals surface area contributed by atoms with Crippen LogP contribution in [0.4, 0.5) is 5.69 Å². The highest BCUT2D eigenvalue weighted by molar-refractivity contribution is 5.99. The fraction of sp³-hybridized carbons (Fsp3) is 0.467. The van der Waals surface area contributed by atoms with Gasteiger partial charge < -0.3 is 20.1 Å². The van der Waals surface area contributed by atoms with E-state index in [1.165, 1.54) is 7.11 Å². The first-order valence-electron chi connectivity index (χ1n) is 6.85. The molecule has 0 aliphatic carbocycles. The zero-order valence-corrected chi connectivity index (χ0v) is 12.3. The Morgan fingerprint density at radius 2 is 2.24 bits per heavy atom. The molecule has 6 heteroatoms. The van der Waals surface area contributed by atoms with Crippen LogP contribution >= 0.6 is 0 Å². The SMILES string of the molecule is COC(=O)CC1CN(C(=O)c2cccc(C)c2N)CCO1. The standard InChI is InChI=1S/C15H20N2O4/c1-10-4-3-5-12(14(10)16)15(19)17-6-7-21-11(9-17)8-13(18)20-2/h3-5,11H,6-9,16H2,1-2H3. The fourth-order valence-corrected chi connectivity index (χ4v) is 2.33. The van der Waals surface area contributed by atoms with Gasteiger partial charge in [0.2, 0.25) is 0 Å². The summed E-state index contributed by atoms with van der Waals surface area (Å²) in [5.41, 5.74) is 7.84. The van der Waals surface area contributed by atoms with Crippen LogP contribution in [0.3, 0.4) is 0 Å². The number of hydrogen-bond acceptors (Lipinski definition) is 5. The molecule has 1 aromatic rings. The summed E-state index contributed by atoms with van der Waals surface area (Å²) in [6.45, 7) is 3.12. The van der Waals surface area contributed by atoms with E-state index >= 15 is 0 Å². The molecule has 1 fully saturated rings. The quantitative estimate of drug-likeness (QED) is 0.663. The molecule has 114 valence electrons. The number of para-hydroxylation sites is 1. The molecule has 1 aliphatic rings. The van der Waals surface area contributed by atoms with Gasteiger partial charge >= 0.3 is 5.97 Å². The number of esters is 1. The molecule has 0 saturated carbocycles. The van der Waals surface area contributed by atoms with Crippen molar-refractivity contribution >= 4 is 17.6 Å². The first kappa shape index (κ1) is 15.3. The minimum Gasteiger partial charge on any atom is -0.469 e. The van der Waals surface area contributed by atoms with Gasteiger partial charge in [-0.3, -0.25) is 9.59 Å². The van der Waals surface area contributed by atoms with Crippen molar-refractivity contribution in [3.8, 4) is 0 Å². The highest BCUT2D eigenvalue weighted by atomic mass is 16.5. The Hall–Kier alpha value is -2.08. The van der Waals surface area contributed by atoms with E-state index in [0.717, 1.165) is 5.56 Å². The zero-order valence-electron chi connectivity index (χ0n) is 12.3. The lowest BCUT2D eigenvalue weighted by Gasteiger charge is -2.32. The number of ether oxygens (including phenoxy) is 2. The summed E-state index contributed by atoms with van der Waals surface area (Å²) < 4.78 is 10.1. The minimum absolute atomic E-state index is 0.130. The monoisotopic (exact) mass is 292 g/mol. The Morgan fingerprint density at radius 1 is 1.48 bits per heavy atom. The number of methoxy groups -OCH3 is 1. The van der Waals surface area contributed by atoms with Crippen LogP contribution in [-0.2, 0) is 14.3 Å². The van der Waals surface area contributed by atoms with Crippen LogP contribution < -0.4 is 5.73 Å². The maximum absolute atomic E-state index is 12.5. The van der Waals surface area contributed by atoms with Gasteiger partial charge in [0.1, 0.15) is 0 Å². The van der Waals surface area contributed by atoms with Crippen LogP contribution in [0, 0.1) is 6.92 Å². The first-order chi connectivity index (χ1) is 10.0.